The number of aliphatic hydroxyl groups is 1. The second-order valence-electron chi connectivity index (χ2n) is 6.84. The molecule has 1 unspecified atom stereocenters. The summed E-state index contributed by atoms with van der Waals surface area (Å²) in [5.41, 5.74) is 5.52. The topological polar surface area (TPSA) is 58.8 Å². The Balaban J connectivity index is 1.40. The lowest BCUT2D eigenvalue weighted by Gasteiger charge is -2.14. The molecule has 0 radical (unpaired) electrons. The summed E-state index contributed by atoms with van der Waals surface area (Å²) in [5.74, 6) is 0.828. The molecular weight excluding hydrogens is 326 g/mol. The van der Waals surface area contributed by atoms with Crippen LogP contribution in [0.2, 0.25) is 0 Å². The van der Waals surface area contributed by atoms with E-state index in [4.69, 9.17) is 4.74 Å². The van der Waals surface area contributed by atoms with E-state index in [0.717, 1.165) is 35.6 Å². The van der Waals surface area contributed by atoms with E-state index >= 15 is 0 Å². The molecule has 0 aliphatic rings. The molecule has 2 aromatic heterocycles. The number of benzene rings is 1. The molecule has 0 fully saturated rings. The van der Waals surface area contributed by atoms with E-state index in [2.05, 4.69) is 46.9 Å². The van der Waals surface area contributed by atoms with Gasteiger partial charge in [-0.15, -0.1) is 0 Å². The zero-order valence-electron chi connectivity index (χ0n) is 15.7. The Morgan fingerprint density at radius 3 is 2.81 bits per heavy atom. The Kier molecular flexibility index (Phi) is 5.91. The molecule has 0 saturated carbocycles. The van der Waals surface area contributed by atoms with Crippen molar-refractivity contribution in [1.82, 2.24) is 14.7 Å². The summed E-state index contributed by atoms with van der Waals surface area (Å²) in [6.07, 6.45) is 4.36. The van der Waals surface area contributed by atoms with Gasteiger partial charge in [-0.2, -0.15) is 0 Å². The number of aliphatic hydroxyl groups excluding tert-OH is 1. The zero-order valence-corrected chi connectivity index (χ0v) is 15.7. The quantitative estimate of drug-likeness (QED) is 0.612. The monoisotopic (exact) mass is 353 g/mol. The van der Waals surface area contributed by atoms with E-state index in [9.17, 15) is 5.11 Å². The van der Waals surface area contributed by atoms with Crippen LogP contribution in [-0.4, -0.2) is 40.3 Å². The van der Waals surface area contributed by atoms with Gasteiger partial charge in [0.1, 0.15) is 24.1 Å². The molecule has 0 aliphatic heterocycles. The van der Waals surface area contributed by atoms with Crippen molar-refractivity contribution in [2.75, 3.05) is 19.7 Å². The van der Waals surface area contributed by atoms with Gasteiger partial charge >= 0.3 is 0 Å². The number of rotatable bonds is 8. The smallest absolute Gasteiger partial charge is 0.139 e. The predicted octanol–water partition coefficient (Wildman–Crippen LogP) is 2.83. The van der Waals surface area contributed by atoms with E-state index in [1.165, 1.54) is 11.1 Å². The summed E-state index contributed by atoms with van der Waals surface area (Å²) < 4.78 is 7.77. The maximum Gasteiger partial charge on any atom is 0.139 e. The van der Waals surface area contributed by atoms with Gasteiger partial charge in [-0.25, -0.2) is 4.98 Å². The normalized spacial score (nSPS) is 12.5. The highest BCUT2D eigenvalue weighted by Crippen LogP contribution is 2.18. The number of nitrogens with one attached hydrogen (secondary N) is 1. The molecule has 0 amide bonds. The van der Waals surface area contributed by atoms with E-state index in [1.807, 2.05) is 31.3 Å². The molecule has 0 spiro atoms. The summed E-state index contributed by atoms with van der Waals surface area (Å²) in [6.45, 7) is 7.69. The highest BCUT2D eigenvalue weighted by molar-refractivity contribution is 5.47. The molecule has 26 heavy (non-hydrogen) atoms. The number of hydrogen-bond donors (Lipinski definition) is 2. The number of aromatic nitrogens is 2. The van der Waals surface area contributed by atoms with Crippen LogP contribution in [0, 0.1) is 20.8 Å². The Morgan fingerprint density at radius 2 is 2.04 bits per heavy atom. The van der Waals surface area contributed by atoms with Crippen LogP contribution in [-0.2, 0) is 6.42 Å². The zero-order chi connectivity index (χ0) is 18.5. The maximum absolute atomic E-state index is 10.1. The summed E-state index contributed by atoms with van der Waals surface area (Å²) in [6, 6.07) is 10.1. The van der Waals surface area contributed by atoms with Gasteiger partial charge < -0.3 is 19.6 Å². The third-order valence-electron chi connectivity index (χ3n) is 4.43. The minimum absolute atomic E-state index is 0.282. The van der Waals surface area contributed by atoms with Crippen molar-refractivity contribution >= 4 is 5.65 Å². The molecule has 1 aromatic carbocycles. The maximum atomic E-state index is 10.1. The van der Waals surface area contributed by atoms with Crippen molar-refractivity contribution < 1.29 is 9.84 Å². The number of aryl methyl sites for hydroxylation is 3. The van der Waals surface area contributed by atoms with Crippen LogP contribution in [0.3, 0.4) is 0 Å². The van der Waals surface area contributed by atoms with E-state index in [1.54, 1.807) is 0 Å². The summed E-state index contributed by atoms with van der Waals surface area (Å²) in [5, 5.41) is 13.4. The first-order valence-corrected chi connectivity index (χ1v) is 9.05. The SMILES string of the molecule is Cc1ccc(OCC(O)CNCCc2cn3cccc(C)c3n2)c(C)c1. The number of nitrogens with zero attached hydrogens (tertiary/aromatic N) is 2. The Bertz CT molecular complexity index is 873. The van der Waals surface area contributed by atoms with Gasteiger partial charge in [-0.3, -0.25) is 0 Å². The summed E-state index contributed by atoms with van der Waals surface area (Å²) in [4.78, 5) is 4.66. The van der Waals surface area contributed by atoms with Gasteiger partial charge in [0.25, 0.3) is 0 Å². The van der Waals surface area contributed by atoms with Gasteiger partial charge in [0, 0.05) is 31.9 Å². The second kappa shape index (κ2) is 8.34. The highest BCUT2D eigenvalue weighted by Gasteiger charge is 2.08. The molecule has 5 nitrogen and oxygen atoms in total. The molecule has 3 rings (SSSR count). The van der Waals surface area contributed by atoms with Crippen LogP contribution in [0.5, 0.6) is 5.75 Å². The number of fused-ring (bicyclic) bond motifs is 1. The molecule has 138 valence electrons. The van der Waals surface area contributed by atoms with E-state index in [-0.39, 0.29) is 6.61 Å². The molecule has 0 bridgehead atoms. The fourth-order valence-electron chi connectivity index (χ4n) is 3.02. The Labute approximate surface area is 154 Å². The van der Waals surface area contributed by atoms with Gasteiger partial charge in [0.15, 0.2) is 0 Å². The minimum Gasteiger partial charge on any atom is -0.491 e. The first kappa shape index (κ1) is 18.4. The molecular formula is C21H27N3O2. The summed E-state index contributed by atoms with van der Waals surface area (Å²) >= 11 is 0. The average Bonchev–Trinajstić information content (AvgIpc) is 3.02. The van der Waals surface area contributed by atoms with Crippen molar-refractivity contribution in [3.63, 3.8) is 0 Å². The van der Waals surface area contributed by atoms with Crippen molar-refractivity contribution in [2.45, 2.75) is 33.3 Å². The Hall–Kier alpha value is -2.37. The lowest BCUT2D eigenvalue weighted by atomic mass is 10.1. The van der Waals surface area contributed by atoms with Crippen molar-refractivity contribution in [3.05, 3.63) is 65.1 Å². The third kappa shape index (κ3) is 4.62. The fraction of sp³-hybridized carbons (Fsp3) is 0.381. The largest absolute Gasteiger partial charge is 0.491 e. The Morgan fingerprint density at radius 1 is 1.19 bits per heavy atom. The molecule has 3 aromatic rings. The van der Waals surface area contributed by atoms with Gasteiger partial charge in [-0.05, 0) is 44.0 Å². The number of ether oxygens (including phenoxy) is 1. The predicted molar refractivity (Wildman–Crippen MR) is 104 cm³/mol. The van der Waals surface area contributed by atoms with Crippen molar-refractivity contribution in [3.8, 4) is 5.75 Å². The van der Waals surface area contributed by atoms with Gasteiger partial charge in [-0.1, -0.05) is 23.8 Å². The van der Waals surface area contributed by atoms with Crippen LogP contribution < -0.4 is 10.1 Å². The van der Waals surface area contributed by atoms with Crippen molar-refractivity contribution in [2.24, 2.45) is 0 Å². The lowest BCUT2D eigenvalue weighted by Crippen LogP contribution is -2.32. The van der Waals surface area contributed by atoms with Crippen LogP contribution in [0.25, 0.3) is 5.65 Å². The number of pyridine rings is 1. The average molecular weight is 353 g/mol. The fourth-order valence-corrected chi connectivity index (χ4v) is 3.02. The van der Waals surface area contributed by atoms with Crippen LogP contribution in [0.1, 0.15) is 22.4 Å². The van der Waals surface area contributed by atoms with Gasteiger partial charge in [0.05, 0.1) is 5.69 Å². The minimum atomic E-state index is -0.543. The number of hydrogen-bond acceptors (Lipinski definition) is 4. The molecule has 2 heterocycles. The van der Waals surface area contributed by atoms with Crippen LogP contribution in [0.15, 0.2) is 42.7 Å². The summed E-state index contributed by atoms with van der Waals surface area (Å²) in [7, 11) is 0. The van der Waals surface area contributed by atoms with E-state index in [0.29, 0.717) is 6.54 Å². The van der Waals surface area contributed by atoms with Crippen LogP contribution >= 0.6 is 0 Å². The third-order valence-corrected chi connectivity index (χ3v) is 4.43. The second-order valence-corrected chi connectivity index (χ2v) is 6.84. The first-order valence-electron chi connectivity index (χ1n) is 9.05. The molecule has 0 aliphatic carbocycles. The van der Waals surface area contributed by atoms with E-state index < -0.39 is 6.10 Å². The standard InChI is InChI=1S/C21H27N3O2/c1-15-6-7-20(17(3)11-15)26-14-19(25)12-22-9-8-18-13-24-10-4-5-16(2)21(24)23-18/h4-7,10-11,13,19,22,25H,8-9,12,14H2,1-3H3. The van der Waals surface area contributed by atoms with Gasteiger partial charge in [0.2, 0.25) is 0 Å². The lowest BCUT2D eigenvalue weighted by molar-refractivity contribution is 0.106. The molecule has 0 saturated heterocycles. The molecule has 2 N–H and O–H groups in total. The first-order chi connectivity index (χ1) is 12.5. The molecule has 5 heteroatoms. The highest BCUT2D eigenvalue weighted by atomic mass is 16.5. The molecule has 1 atom stereocenters. The number of imidazole rings is 1. The van der Waals surface area contributed by atoms with Crippen molar-refractivity contribution in [1.29, 1.82) is 0 Å². The van der Waals surface area contributed by atoms with Crippen LogP contribution in [0.4, 0.5) is 0 Å².